The Morgan fingerprint density at radius 1 is 0.739 bits per heavy atom. The Hall–Kier alpha value is -6.96. The number of ether oxygens (including phenoxy) is 2. The summed E-state index contributed by atoms with van der Waals surface area (Å²) in [4.78, 5) is 18.8. The van der Waals surface area contributed by atoms with Crippen LogP contribution < -0.4 is 34.9 Å². The van der Waals surface area contributed by atoms with Crippen LogP contribution in [0.4, 0.5) is 28.4 Å². The van der Waals surface area contributed by atoms with Crippen molar-refractivity contribution in [2.24, 2.45) is 10.2 Å². The van der Waals surface area contributed by atoms with Crippen LogP contribution in [-0.2, 0) is 4.74 Å². The molecule has 69 heavy (non-hydrogen) atoms. The minimum atomic E-state index is -0.360. The monoisotopic (exact) mass is 933 g/mol. The second-order valence-electron chi connectivity index (χ2n) is 19.2. The van der Waals surface area contributed by atoms with Gasteiger partial charge in [-0.15, -0.1) is 15.5 Å². The Bertz CT molecular complexity index is 3040. The number of carbonyl (C=O) groups is 1. The van der Waals surface area contributed by atoms with E-state index in [1.807, 2.05) is 30.3 Å². The number of hydrogen-bond donors (Lipinski definition) is 4. The Labute approximate surface area is 404 Å². The summed E-state index contributed by atoms with van der Waals surface area (Å²) in [5.74, 6) is 0.871. The number of benzene rings is 5. The highest BCUT2D eigenvalue weighted by atomic mass is 16.8. The lowest BCUT2D eigenvalue weighted by atomic mass is 9.83. The number of likely N-dealkylation sites (N-methyl/N-ethyl adjacent to an activating group) is 2. The molecule has 360 valence electrons. The van der Waals surface area contributed by atoms with Crippen molar-refractivity contribution in [3.8, 4) is 23.0 Å². The molecule has 0 aromatic heterocycles. The number of phenols is 2. The molecule has 0 radical (unpaired) electrons. The van der Waals surface area contributed by atoms with Gasteiger partial charge in [-0.2, -0.15) is 0 Å². The molecule has 0 aliphatic carbocycles. The number of aromatic hydroxyl groups is 2. The van der Waals surface area contributed by atoms with Gasteiger partial charge in [0.25, 0.3) is 0 Å². The first kappa shape index (κ1) is 48.5. The van der Waals surface area contributed by atoms with Gasteiger partial charge >= 0.3 is 5.97 Å². The molecule has 4 N–H and O–H groups in total. The van der Waals surface area contributed by atoms with Crippen LogP contribution >= 0.6 is 0 Å². The molecule has 3 heterocycles. The number of phenolic OH excluding ortho intramolecular Hbond substituents is 2. The largest absolute Gasteiger partial charge is 0.506 e. The second kappa shape index (κ2) is 19.6. The van der Waals surface area contributed by atoms with Crippen molar-refractivity contribution < 1.29 is 34.9 Å². The molecule has 13 heteroatoms. The lowest BCUT2D eigenvalue weighted by Gasteiger charge is -2.43. The van der Waals surface area contributed by atoms with Gasteiger partial charge in [0.1, 0.15) is 40.9 Å². The number of hydrogen-bond acceptors (Lipinski definition) is 12. The number of fused-ring (bicyclic) bond motifs is 4. The number of anilines is 3. The fourth-order valence-electron chi connectivity index (χ4n) is 10.4. The summed E-state index contributed by atoms with van der Waals surface area (Å²) in [7, 11) is 0. The van der Waals surface area contributed by atoms with Crippen LogP contribution in [0, 0.1) is 0 Å². The van der Waals surface area contributed by atoms with E-state index in [1.165, 1.54) is 29.3 Å². The van der Waals surface area contributed by atoms with E-state index in [4.69, 9.17) is 9.47 Å². The van der Waals surface area contributed by atoms with Gasteiger partial charge in [0.05, 0.1) is 29.5 Å². The predicted molar refractivity (Wildman–Crippen MR) is 274 cm³/mol. The Morgan fingerprint density at radius 3 is 2.19 bits per heavy atom. The van der Waals surface area contributed by atoms with E-state index in [0.717, 1.165) is 107 Å². The molecular formula is C56H65N6O7+. The highest BCUT2D eigenvalue weighted by molar-refractivity contribution is 6.00. The molecule has 8 rings (SSSR count). The Kier molecular flexibility index (Phi) is 13.8. The molecule has 0 atom stereocenters. The zero-order chi connectivity index (χ0) is 49.4. The molecule has 0 amide bonds. The average molecular weight is 934 g/mol. The number of rotatable bonds is 16. The maximum Gasteiger partial charge on any atom is 0.338 e. The average Bonchev–Trinajstić information content (AvgIpc) is 3.30. The van der Waals surface area contributed by atoms with E-state index in [0.29, 0.717) is 18.6 Å². The third kappa shape index (κ3) is 9.58. The molecule has 3 aliphatic heterocycles. The van der Waals surface area contributed by atoms with Crippen molar-refractivity contribution in [1.82, 2.24) is 4.58 Å². The molecular weight excluding hydrogens is 869 g/mol. The summed E-state index contributed by atoms with van der Waals surface area (Å²) in [6.45, 7) is 23.2. The topological polar surface area (TPSA) is 154 Å². The molecule has 5 aromatic carbocycles. The lowest BCUT2D eigenvalue weighted by Crippen LogP contribution is -2.49. The summed E-state index contributed by atoms with van der Waals surface area (Å²) in [6.07, 6.45) is 8.08. The maximum absolute atomic E-state index is 14.2. The molecule has 0 saturated heterocycles. The van der Waals surface area contributed by atoms with Crippen molar-refractivity contribution in [3.63, 3.8) is 0 Å². The quantitative estimate of drug-likeness (QED) is 0.0242. The van der Waals surface area contributed by atoms with E-state index in [1.54, 1.807) is 12.1 Å². The van der Waals surface area contributed by atoms with E-state index in [-0.39, 0.29) is 50.8 Å². The van der Waals surface area contributed by atoms with E-state index in [9.17, 15) is 25.4 Å². The highest BCUT2D eigenvalue weighted by Gasteiger charge is 2.36. The van der Waals surface area contributed by atoms with Gasteiger partial charge in [-0.3, -0.25) is 10.4 Å². The van der Waals surface area contributed by atoms with E-state index >= 15 is 0 Å². The second-order valence-corrected chi connectivity index (χ2v) is 19.2. The van der Waals surface area contributed by atoms with Crippen molar-refractivity contribution in [3.05, 3.63) is 135 Å². The highest BCUT2D eigenvalue weighted by Crippen LogP contribution is 2.47. The summed E-state index contributed by atoms with van der Waals surface area (Å²) in [5, 5.41) is 49.5. The normalized spacial score (nSPS) is 15.4. The number of azo groups is 1. The van der Waals surface area contributed by atoms with Gasteiger partial charge < -0.3 is 29.5 Å². The maximum atomic E-state index is 14.2. The molecule has 3 aliphatic rings. The van der Waals surface area contributed by atoms with Gasteiger partial charge in [-0.1, -0.05) is 30.7 Å². The smallest absolute Gasteiger partial charge is 0.338 e. The van der Waals surface area contributed by atoms with Crippen molar-refractivity contribution in [2.75, 3.05) is 47.8 Å². The van der Waals surface area contributed by atoms with Crippen molar-refractivity contribution in [2.45, 2.75) is 99.1 Å². The number of allylic oxidation sites excluding steroid dienone is 2. The number of esters is 1. The van der Waals surface area contributed by atoms with Crippen LogP contribution in [-0.4, -0.2) is 70.5 Å². The summed E-state index contributed by atoms with van der Waals surface area (Å²) in [5.41, 5.74) is 9.70. The molecule has 5 aromatic rings. The standard InChI is InChI=1S/C56H64N6O7/c1-10-59(37-21-23-45(50(64)28-37)57-58-46-27-38(62(66)67)22-24-49(46)63)25-17-13-14-18-26-68-54(65)40-20-16-15-19-39(40)53-43-29-41-35(4)33-55(6,7)60(11-2)47(41)31-51(43)69-52-32-48-42(30-44(52)53)36(5)34-56(8,9)61(48)12-3/h15-16,19-24,27-34,65-67H,10-14,17-18,25-26H2,1-9H3/p+1. The summed E-state index contributed by atoms with van der Waals surface area (Å²) in [6, 6.07) is 25.6. The molecule has 0 unspecified atom stereocenters. The van der Waals surface area contributed by atoms with Gasteiger partial charge in [-0.05, 0) is 139 Å². The van der Waals surface area contributed by atoms with Crippen LogP contribution in [0.25, 0.3) is 16.7 Å². The van der Waals surface area contributed by atoms with Crippen molar-refractivity contribution >= 4 is 51.1 Å². The van der Waals surface area contributed by atoms with Crippen LogP contribution in [0.15, 0.2) is 107 Å². The first-order valence-electron chi connectivity index (χ1n) is 24.1. The number of carbonyl (C=O) groups excluding carboxylic acids is 1. The zero-order valence-corrected chi connectivity index (χ0v) is 41.3. The number of nitrogens with zero attached hydrogens (tertiary/aromatic N) is 6. The van der Waals surface area contributed by atoms with E-state index in [2.05, 4.69) is 123 Å². The fraction of sp³-hybridized carbons (Fsp3) is 0.357. The fourth-order valence-corrected chi connectivity index (χ4v) is 10.4. The van der Waals surface area contributed by atoms with Gasteiger partial charge in [0.2, 0.25) is 5.36 Å². The van der Waals surface area contributed by atoms with E-state index < -0.39 is 0 Å². The number of unbranched alkanes of at least 4 members (excludes halogenated alkanes) is 3. The third-order valence-electron chi connectivity index (χ3n) is 13.7. The van der Waals surface area contributed by atoms with Crippen LogP contribution in [0.1, 0.15) is 121 Å². The minimum absolute atomic E-state index is 0.00284. The first-order valence-corrected chi connectivity index (χ1v) is 24.1. The minimum Gasteiger partial charge on any atom is -0.506 e. The Morgan fingerprint density at radius 2 is 1.46 bits per heavy atom. The van der Waals surface area contributed by atoms with Gasteiger partial charge in [-0.25, -0.2) is 9.37 Å². The molecule has 0 spiro atoms. The van der Waals surface area contributed by atoms with Crippen LogP contribution in [0.2, 0.25) is 0 Å². The Balaban J connectivity index is 0.991. The van der Waals surface area contributed by atoms with Crippen molar-refractivity contribution in [1.29, 1.82) is 0 Å². The summed E-state index contributed by atoms with van der Waals surface area (Å²) >= 11 is 0. The predicted octanol–water partition coefficient (Wildman–Crippen LogP) is 11.4. The molecule has 0 bridgehead atoms. The van der Waals surface area contributed by atoms with Gasteiger partial charge in [0.15, 0.2) is 5.54 Å². The summed E-state index contributed by atoms with van der Waals surface area (Å²) < 4.78 is 15.5. The SMILES string of the molecule is CCN(CCCCCCOC(=O)c1ccccc1C1=c2cc3c(cc2Oc2cc4c(cc21)C(C)=CC(C)(C)N4CC)=[N+](CC)C(C)(C)C=C3C)c1ccc(N=Nc2cc(N(O)O)ccc2O)c(O)c1. The molecule has 0 fully saturated rings. The van der Waals surface area contributed by atoms with Gasteiger partial charge in [0, 0.05) is 84.5 Å². The lowest BCUT2D eigenvalue weighted by molar-refractivity contribution is 0.0291. The molecule has 13 nitrogen and oxygen atoms in total. The third-order valence-corrected chi connectivity index (χ3v) is 13.7. The molecule has 0 saturated carbocycles. The first-order chi connectivity index (χ1) is 33.0. The zero-order valence-electron chi connectivity index (χ0n) is 41.3. The van der Waals surface area contributed by atoms with Crippen LogP contribution in [0.5, 0.6) is 23.0 Å². The van der Waals surface area contributed by atoms with Crippen LogP contribution in [0.3, 0.4) is 0 Å².